The largest absolute Gasteiger partial charge is 0.333 e. The molecule has 182 valence electrons. The van der Waals surface area contributed by atoms with Crippen molar-refractivity contribution >= 4 is 79.3 Å². The molecule has 0 aliphatic rings. The maximum atomic E-state index is 12.5. The number of nitrogens with zero attached hydrogens (tertiary/aromatic N) is 2. The van der Waals surface area contributed by atoms with Crippen LogP contribution in [0.4, 0.5) is 11.4 Å². The molecule has 0 aliphatic carbocycles. The van der Waals surface area contributed by atoms with Gasteiger partial charge in [0, 0.05) is 11.4 Å². The summed E-state index contributed by atoms with van der Waals surface area (Å²) in [5.74, 6) is 0.345. The summed E-state index contributed by atoms with van der Waals surface area (Å²) in [6.07, 6.45) is 0. The van der Waals surface area contributed by atoms with Crippen LogP contribution >= 0.6 is 34.9 Å². The molecule has 2 heterocycles. The zero-order valence-electron chi connectivity index (χ0n) is 19.6. The van der Waals surface area contributed by atoms with E-state index in [9.17, 15) is 9.59 Å². The molecule has 0 spiro atoms. The van der Waals surface area contributed by atoms with Crippen molar-refractivity contribution in [1.29, 1.82) is 0 Å². The average Bonchev–Trinajstić information content (AvgIpc) is 3.47. The molecule has 0 aliphatic heterocycles. The molecule has 2 amide bonds. The lowest BCUT2D eigenvalue weighted by Crippen LogP contribution is -2.15. The molecule has 3 aromatic carbocycles. The minimum atomic E-state index is -0.109. The van der Waals surface area contributed by atoms with Crippen LogP contribution in [0.1, 0.15) is 11.1 Å². The number of carbonyl (C=O) groups excluding carboxylic acids is 2. The number of imidazole rings is 1. The molecule has 0 saturated heterocycles. The zero-order valence-corrected chi connectivity index (χ0v) is 22.1. The molecule has 3 N–H and O–H groups in total. The number of anilines is 2. The molecule has 0 fully saturated rings. The Balaban J connectivity index is 1.15. The Morgan fingerprint density at radius 1 is 0.889 bits per heavy atom. The van der Waals surface area contributed by atoms with Gasteiger partial charge in [-0.25, -0.2) is 9.97 Å². The first-order valence-corrected chi connectivity index (χ1v) is 14.0. The standard InChI is InChI=1S/C26H23N5O2S3/c1-15-6-5-9-18(16(15)2)28-24(33)14-35-26-31-21-11-10-17(12-22(21)36-26)27-23(32)13-34-25-29-19-7-3-4-8-20(19)30-25/h3-12H,13-14H2,1-2H3,(H,27,32)(H,28,33)(H,29,30). The number of rotatable bonds is 8. The third-order valence-electron chi connectivity index (χ3n) is 5.57. The second-order valence-electron chi connectivity index (χ2n) is 8.14. The molecule has 0 atom stereocenters. The van der Waals surface area contributed by atoms with Gasteiger partial charge >= 0.3 is 0 Å². The van der Waals surface area contributed by atoms with Gasteiger partial charge in [0.2, 0.25) is 11.8 Å². The van der Waals surface area contributed by atoms with Crippen molar-refractivity contribution in [3.63, 3.8) is 0 Å². The summed E-state index contributed by atoms with van der Waals surface area (Å²) in [6, 6.07) is 19.3. The van der Waals surface area contributed by atoms with E-state index >= 15 is 0 Å². The number of fused-ring (bicyclic) bond motifs is 2. The summed E-state index contributed by atoms with van der Waals surface area (Å²) in [6.45, 7) is 4.02. The first-order chi connectivity index (χ1) is 17.4. The Hall–Kier alpha value is -3.34. The van der Waals surface area contributed by atoms with E-state index in [1.807, 2.05) is 74.5 Å². The highest BCUT2D eigenvalue weighted by Crippen LogP contribution is 2.31. The third kappa shape index (κ3) is 5.72. The molecule has 0 bridgehead atoms. The van der Waals surface area contributed by atoms with E-state index in [4.69, 9.17) is 0 Å². The van der Waals surface area contributed by atoms with Gasteiger partial charge in [-0.15, -0.1) is 11.3 Å². The monoisotopic (exact) mass is 533 g/mol. The Kier molecular flexibility index (Phi) is 7.26. The summed E-state index contributed by atoms with van der Waals surface area (Å²) in [7, 11) is 0. The summed E-state index contributed by atoms with van der Waals surface area (Å²) >= 11 is 4.27. The fourth-order valence-corrected chi connectivity index (χ4v) is 6.16. The van der Waals surface area contributed by atoms with Gasteiger partial charge in [0.25, 0.3) is 0 Å². The summed E-state index contributed by atoms with van der Waals surface area (Å²) in [5, 5.41) is 6.63. The Morgan fingerprint density at radius 2 is 1.69 bits per heavy atom. The van der Waals surface area contributed by atoms with Crippen LogP contribution in [0.5, 0.6) is 0 Å². The molecule has 36 heavy (non-hydrogen) atoms. The molecule has 10 heteroatoms. The van der Waals surface area contributed by atoms with Crippen molar-refractivity contribution < 1.29 is 9.59 Å². The highest BCUT2D eigenvalue weighted by atomic mass is 32.2. The highest BCUT2D eigenvalue weighted by molar-refractivity contribution is 8.01. The van der Waals surface area contributed by atoms with E-state index in [2.05, 4.69) is 25.6 Å². The Bertz CT molecular complexity index is 1540. The van der Waals surface area contributed by atoms with E-state index in [0.29, 0.717) is 10.8 Å². The van der Waals surface area contributed by atoms with Gasteiger partial charge in [0.1, 0.15) is 0 Å². The van der Waals surface area contributed by atoms with Crippen LogP contribution in [0.15, 0.2) is 70.2 Å². The number of aromatic nitrogens is 3. The number of hydrogen-bond donors (Lipinski definition) is 3. The zero-order chi connectivity index (χ0) is 25.1. The minimum Gasteiger partial charge on any atom is -0.333 e. The molecule has 0 unspecified atom stereocenters. The van der Waals surface area contributed by atoms with Gasteiger partial charge in [-0.1, -0.05) is 47.8 Å². The van der Waals surface area contributed by atoms with Gasteiger partial charge < -0.3 is 15.6 Å². The van der Waals surface area contributed by atoms with Crippen molar-refractivity contribution in [3.8, 4) is 0 Å². The van der Waals surface area contributed by atoms with E-state index in [1.165, 1.54) is 34.9 Å². The normalized spacial score (nSPS) is 11.2. The summed E-state index contributed by atoms with van der Waals surface area (Å²) in [4.78, 5) is 37.2. The predicted molar refractivity (Wildman–Crippen MR) is 150 cm³/mol. The second-order valence-corrected chi connectivity index (χ2v) is 11.4. The van der Waals surface area contributed by atoms with E-state index in [1.54, 1.807) is 0 Å². The first-order valence-electron chi connectivity index (χ1n) is 11.2. The first kappa shape index (κ1) is 24.4. The van der Waals surface area contributed by atoms with Crippen LogP contribution in [0.3, 0.4) is 0 Å². The van der Waals surface area contributed by atoms with Crippen molar-refractivity contribution in [2.45, 2.75) is 23.3 Å². The van der Waals surface area contributed by atoms with Crippen molar-refractivity contribution in [1.82, 2.24) is 15.0 Å². The van der Waals surface area contributed by atoms with Crippen molar-refractivity contribution in [2.24, 2.45) is 0 Å². The Morgan fingerprint density at radius 3 is 2.56 bits per heavy atom. The van der Waals surface area contributed by atoms with E-state index < -0.39 is 0 Å². The quantitative estimate of drug-likeness (QED) is 0.204. The minimum absolute atomic E-state index is 0.0668. The van der Waals surface area contributed by atoms with Gasteiger partial charge in [-0.05, 0) is 61.4 Å². The van der Waals surface area contributed by atoms with Crippen LogP contribution in [-0.4, -0.2) is 38.3 Å². The molecule has 5 rings (SSSR count). The van der Waals surface area contributed by atoms with Crippen LogP contribution < -0.4 is 10.6 Å². The maximum Gasteiger partial charge on any atom is 0.234 e. The maximum absolute atomic E-state index is 12.5. The van der Waals surface area contributed by atoms with Gasteiger partial charge in [0.05, 0.1) is 32.8 Å². The predicted octanol–water partition coefficient (Wildman–Crippen LogP) is 6.25. The van der Waals surface area contributed by atoms with Crippen LogP contribution in [0, 0.1) is 13.8 Å². The van der Waals surface area contributed by atoms with E-state index in [-0.39, 0.29) is 23.3 Å². The molecule has 0 saturated carbocycles. The SMILES string of the molecule is Cc1cccc(NC(=O)CSc2nc3ccc(NC(=O)CSc4nc5ccccc5[nH]4)cc3s2)c1C. The fraction of sp³-hybridized carbons (Fsp3) is 0.154. The van der Waals surface area contributed by atoms with Gasteiger partial charge in [-0.2, -0.15) is 0 Å². The van der Waals surface area contributed by atoms with Gasteiger partial charge in [0.15, 0.2) is 9.50 Å². The molecule has 2 aromatic heterocycles. The van der Waals surface area contributed by atoms with Crippen LogP contribution in [0.25, 0.3) is 21.3 Å². The number of thiazole rings is 1. The van der Waals surface area contributed by atoms with Crippen molar-refractivity contribution in [2.75, 3.05) is 22.1 Å². The number of benzene rings is 3. The second kappa shape index (κ2) is 10.7. The summed E-state index contributed by atoms with van der Waals surface area (Å²) < 4.78 is 1.76. The lowest BCUT2D eigenvalue weighted by Gasteiger charge is -2.09. The van der Waals surface area contributed by atoms with Crippen LogP contribution in [-0.2, 0) is 9.59 Å². The molecule has 5 aromatic rings. The average molecular weight is 534 g/mol. The molecule has 7 nitrogen and oxygen atoms in total. The van der Waals surface area contributed by atoms with E-state index in [0.717, 1.165) is 42.4 Å². The summed E-state index contributed by atoms with van der Waals surface area (Å²) in [5.41, 5.74) is 6.44. The number of para-hydroxylation sites is 2. The smallest absolute Gasteiger partial charge is 0.234 e. The number of H-pyrrole nitrogens is 1. The number of carbonyl (C=O) groups is 2. The van der Waals surface area contributed by atoms with Crippen LogP contribution in [0.2, 0.25) is 0 Å². The topological polar surface area (TPSA) is 99.8 Å². The lowest BCUT2D eigenvalue weighted by molar-refractivity contribution is -0.114. The molecular formula is C26H23N5O2S3. The number of aromatic amines is 1. The number of amides is 2. The number of hydrogen-bond acceptors (Lipinski definition) is 7. The molecule has 0 radical (unpaired) electrons. The van der Waals surface area contributed by atoms with Gasteiger partial charge in [-0.3, -0.25) is 9.59 Å². The van der Waals surface area contributed by atoms with Crippen molar-refractivity contribution in [3.05, 3.63) is 71.8 Å². The fourth-order valence-electron chi connectivity index (χ4n) is 3.57. The Labute approximate surface area is 220 Å². The number of thioether (sulfide) groups is 2. The molecular weight excluding hydrogens is 511 g/mol. The number of nitrogens with one attached hydrogen (secondary N) is 3. The third-order valence-corrected chi connectivity index (χ3v) is 8.60. The highest BCUT2D eigenvalue weighted by Gasteiger charge is 2.12. The number of aryl methyl sites for hydroxylation is 1. The lowest BCUT2D eigenvalue weighted by atomic mass is 10.1.